The highest BCUT2D eigenvalue weighted by atomic mass is 32.2. The average Bonchev–Trinajstić information content (AvgIpc) is 2.55. The van der Waals surface area contributed by atoms with Crippen molar-refractivity contribution in [3.8, 4) is 5.75 Å². The van der Waals surface area contributed by atoms with Gasteiger partial charge in [0, 0.05) is 12.1 Å². The van der Waals surface area contributed by atoms with E-state index in [1.54, 1.807) is 48.5 Å². The van der Waals surface area contributed by atoms with Crippen LogP contribution in [-0.2, 0) is 10.0 Å². The second kappa shape index (κ2) is 6.45. The summed E-state index contributed by atoms with van der Waals surface area (Å²) in [5.41, 5.74) is 1.19. The lowest BCUT2D eigenvalue weighted by Crippen LogP contribution is -2.36. The Morgan fingerprint density at radius 3 is 2.46 bits per heavy atom. The van der Waals surface area contributed by atoms with E-state index in [1.165, 1.54) is 4.31 Å². The quantitative estimate of drug-likeness (QED) is 0.923. The summed E-state index contributed by atoms with van der Waals surface area (Å²) in [6.07, 6.45) is -0.220. The number of aliphatic hydroxyl groups is 1. The normalized spacial score (nSPS) is 17.7. The fourth-order valence-corrected chi connectivity index (χ4v) is 4.36. The predicted molar refractivity (Wildman–Crippen MR) is 92.8 cm³/mol. The molecule has 24 heavy (non-hydrogen) atoms. The van der Waals surface area contributed by atoms with Gasteiger partial charge in [0.05, 0.1) is 22.8 Å². The molecule has 0 radical (unpaired) electrons. The molecule has 1 aliphatic rings. The summed E-state index contributed by atoms with van der Waals surface area (Å²) < 4.78 is 32.9. The Bertz CT molecular complexity index is 815. The molecule has 2 aromatic carbocycles. The van der Waals surface area contributed by atoms with Crippen LogP contribution in [0.25, 0.3) is 0 Å². The van der Waals surface area contributed by atoms with Crippen molar-refractivity contribution in [3.05, 3.63) is 54.1 Å². The third-order valence-corrected chi connectivity index (χ3v) is 5.78. The van der Waals surface area contributed by atoms with Crippen molar-refractivity contribution in [1.29, 1.82) is 0 Å². The van der Waals surface area contributed by atoms with Crippen molar-refractivity contribution >= 4 is 15.7 Å². The van der Waals surface area contributed by atoms with Crippen LogP contribution in [0.3, 0.4) is 0 Å². The van der Waals surface area contributed by atoms with Crippen molar-refractivity contribution in [2.24, 2.45) is 0 Å². The molecule has 1 N–H and O–H groups in total. The molecule has 0 spiro atoms. The Morgan fingerprint density at radius 1 is 1.12 bits per heavy atom. The van der Waals surface area contributed by atoms with Gasteiger partial charge < -0.3 is 9.84 Å². The van der Waals surface area contributed by atoms with Crippen LogP contribution in [0.15, 0.2) is 53.4 Å². The van der Waals surface area contributed by atoms with Crippen LogP contribution in [0.2, 0.25) is 0 Å². The van der Waals surface area contributed by atoms with Crippen LogP contribution in [0.5, 0.6) is 5.75 Å². The third-order valence-electron chi connectivity index (χ3n) is 3.95. The van der Waals surface area contributed by atoms with Crippen molar-refractivity contribution in [3.63, 3.8) is 0 Å². The van der Waals surface area contributed by atoms with E-state index >= 15 is 0 Å². The molecule has 1 heterocycles. The number of anilines is 1. The highest BCUT2D eigenvalue weighted by molar-refractivity contribution is 7.92. The highest BCUT2D eigenvalue weighted by Gasteiger charge is 2.32. The maximum atomic E-state index is 13.0. The summed E-state index contributed by atoms with van der Waals surface area (Å²) in [5, 5.41) is 10.1. The minimum absolute atomic E-state index is 0.0305. The SMILES string of the molecule is CC(C)Oc1ccc(S(=O)(=O)N2CCC(O)c3ccccc32)cc1. The molecular formula is C18H21NO4S. The Balaban J connectivity index is 1.95. The molecule has 0 amide bonds. The Labute approximate surface area is 142 Å². The number of aliphatic hydroxyl groups excluding tert-OH is 1. The number of benzene rings is 2. The summed E-state index contributed by atoms with van der Waals surface area (Å²) in [7, 11) is -3.68. The standard InChI is InChI=1S/C18H21NO4S/c1-13(2)23-14-7-9-15(10-8-14)24(21,22)19-12-11-18(20)16-5-3-4-6-17(16)19/h3-10,13,18,20H,11-12H2,1-2H3. The van der Waals surface area contributed by atoms with Gasteiger partial charge in [0.15, 0.2) is 0 Å². The number of para-hydroxylation sites is 1. The molecule has 6 heteroatoms. The molecular weight excluding hydrogens is 326 g/mol. The fourth-order valence-electron chi connectivity index (χ4n) is 2.85. The number of hydrogen-bond donors (Lipinski definition) is 1. The zero-order valence-corrected chi connectivity index (χ0v) is 14.5. The average molecular weight is 347 g/mol. The molecule has 0 bridgehead atoms. The van der Waals surface area contributed by atoms with E-state index in [-0.39, 0.29) is 17.5 Å². The molecule has 2 aromatic rings. The zero-order chi connectivity index (χ0) is 17.3. The number of fused-ring (bicyclic) bond motifs is 1. The van der Waals surface area contributed by atoms with Gasteiger partial charge in [0.1, 0.15) is 5.75 Å². The van der Waals surface area contributed by atoms with Crippen molar-refractivity contribution in [2.45, 2.75) is 37.4 Å². The second-order valence-electron chi connectivity index (χ2n) is 6.08. The van der Waals surface area contributed by atoms with Gasteiger partial charge in [-0.05, 0) is 50.6 Å². The molecule has 0 saturated heterocycles. The lowest BCUT2D eigenvalue weighted by Gasteiger charge is -2.32. The molecule has 1 aliphatic heterocycles. The minimum atomic E-state index is -3.68. The lowest BCUT2D eigenvalue weighted by atomic mass is 10.0. The first kappa shape index (κ1) is 16.8. The number of ether oxygens (including phenoxy) is 1. The number of hydrogen-bond acceptors (Lipinski definition) is 4. The summed E-state index contributed by atoms with van der Waals surface area (Å²) in [5.74, 6) is 0.637. The largest absolute Gasteiger partial charge is 0.491 e. The maximum Gasteiger partial charge on any atom is 0.264 e. The highest BCUT2D eigenvalue weighted by Crippen LogP contribution is 2.36. The van der Waals surface area contributed by atoms with Gasteiger partial charge in [-0.3, -0.25) is 4.31 Å². The van der Waals surface area contributed by atoms with Crippen LogP contribution in [0.4, 0.5) is 5.69 Å². The summed E-state index contributed by atoms with van der Waals surface area (Å²) in [4.78, 5) is 0.213. The topological polar surface area (TPSA) is 66.8 Å². The van der Waals surface area contributed by atoms with Gasteiger partial charge in [0.25, 0.3) is 10.0 Å². The molecule has 0 aromatic heterocycles. The second-order valence-corrected chi connectivity index (χ2v) is 7.94. The molecule has 0 aliphatic carbocycles. The van der Waals surface area contributed by atoms with Gasteiger partial charge in [-0.25, -0.2) is 8.42 Å². The van der Waals surface area contributed by atoms with Gasteiger partial charge in [-0.1, -0.05) is 18.2 Å². The van der Waals surface area contributed by atoms with E-state index in [9.17, 15) is 13.5 Å². The van der Waals surface area contributed by atoms with Crippen LogP contribution < -0.4 is 9.04 Å². The molecule has 0 saturated carbocycles. The molecule has 1 unspecified atom stereocenters. The number of sulfonamides is 1. The van der Waals surface area contributed by atoms with Crippen molar-refractivity contribution < 1.29 is 18.3 Å². The van der Waals surface area contributed by atoms with Crippen molar-refractivity contribution in [1.82, 2.24) is 0 Å². The van der Waals surface area contributed by atoms with Gasteiger partial charge in [-0.2, -0.15) is 0 Å². The zero-order valence-electron chi connectivity index (χ0n) is 13.7. The lowest BCUT2D eigenvalue weighted by molar-refractivity contribution is 0.166. The number of nitrogens with zero attached hydrogens (tertiary/aromatic N) is 1. The molecule has 1 atom stereocenters. The monoisotopic (exact) mass is 347 g/mol. The van der Waals surface area contributed by atoms with E-state index in [0.717, 1.165) is 0 Å². The smallest absolute Gasteiger partial charge is 0.264 e. The van der Waals surface area contributed by atoms with Crippen LogP contribution >= 0.6 is 0 Å². The first-order valence-corrected chi connectivity index (χ1v) is 9.40. The van der Waals surface area contributed by atoms with Crippen LogP contribution in [0, 0.1) is 0 Å². The van der Waals surface area contributed by atoms with E-state index in [2.05, 4.69) is 0 Å². The first-order chi connectivity index (χ1) is 11.4. The minimum Gasteiger partial charge on any atom is -0.491 e. The molecule has 3 rings (SSSR count). The summed E-state index contributed by atoms with van der Waals surface area (Å²) in [6.45, 7) is 4.09. The van der Waals surface area contributed by atoms with Gasteiger partial charge in [0.2, 0.25) is 0 Å². The summed E-state index contributed by atoms with van der Waals surface area (Å²) >= 11 is 0. The molecule has 128 valence electrons. The number of rotatable bonds is 4. The van der Waals surface area contributed by atoms with E-state index in [4.69, 9.17) is 4.74 Å². The third kappa shape index (κ3) is 3.12. The molecule has 0 fully saturated rings. The van der Waals surface area contributed by atoms with Gasteiger partial charge >= 0.3 is 0 Å². The Kier molecular flexibility index (Phi) is 4.51. The van der Waals surface area contributed by atoms with E-state index < -0.39 is 16.1 Å². The summed E-state index contributed by atoms with van der Waals surface area (Å²) in [6, 6.07) is 13.5. The van der Waals surface area contributed by atoms with E-state index in [0.29, 0.717) is 23.4 Å². The Hall–Kier alpha value is -2.05. The fraction of sp³-hybridized carbons (Fsp3) is 0.333. The first-order valence-electron chi connectivity index (χ1n) is 7.96. The predicted octanol–water partition coefficient (Wildman–Crippen LogP) is 3.11. The van der Waals surface area contributed by atoms with Crippen molar-refractivity contribution in [2.75, 3.05) is 10.8 Å². The maximum absolute atomic E-state index is 13.0. The Morgan fingerprint density at radius 2 is 1.79 bits per heavy atom. The van der Waals surface area contributed by atoms with Crippen LogP contribution in [-0.4, -0.2) is 26.2 Å². The van der Waals surface area contributed by atoms with Crippen LogP contribution in [0.1, 0.15) is 31.9 Å². The molecule has 5 nitrogen and oxygen atoms in total. The van der Waals surface area contributed by atoms with Gasteiger partial charge in [-0.15, -0.1) is 0 Å². The van der Waals surface area contributed by atoms with E-state index in [1.807, 2.05) is 13.8 Å².